The van der Waals surface area contributed by atoms with Gasteiger partial charge in [-0.1, -0.05) is 23.3 Å². The van der Waals surface area contributed by atoms with Crippen LogP contribution in [0.15, 0.2) is 41.5 Å². The van der Waals surface area contributed by atoms with E-state index < -0.39 is 11.8 Å². The highest BCUT2D eigenvalue weighted by Crippen LogP contribution is 2.25. The van der Waals surface area contributed by atoms with Gasteiger partial charge in [-0.2, -0.15) is 0 Å². The maximum atomic E-state index is 11.7. The molecule has 1 aromatic rings. The van der Waals surface area contributed by atoms with Gasteiger partial charge in [0, 0.05) is 5.56 Å². The maximum absolute atomic E-state index is 11.7. The molecule has 0 radical (unpaired) electrons. The number of phenolic OH excluding ortho intramolecular Hbond substituents is 1. The first kappa shape index (κ1) is 20.8. The van der Waals surface area contributed by atoms with Crippen molar-refractivity contribution >= 4 is 6.16 Å². The Bertz CT molecular complexity index is 644. The van der Waals surface area contributed by atoms with Crippen molar-refractivity contribution in [1.82, 2.24) is 0 Å². The second-order valence-electron chi connectivity index (χ2n) is 7.43. The number of carbonyl (C=O) groups is 1. The molecule has 0 saturated carbocycles. The normalized spacial score (nSPS) is 11.8. The van der Waals surface area contributed by atoms with Crippen molar-refractivity contribution in [2.24, 2.45) is 0 Å². The fourth-order valence-corrected chi connectivity index (χ4v) is 2.13. The van der Waals surface area contributed by atoms with Crippen LogP contribution in [-0.4, -0.2) is 16.9 Å². The zero-order valence-corrected chi connectivity index (χ0v) is 16.2. The van der Waals surface area contributed by atoms with Gasteiger partial charge in [0.2, 0.25) is 0 Å². The quantitative estimate of drug-likeness (QED) is 0.393. The van der Waals surface area contributed by atoms with Crippen molar-refractivity contribution in [2.45, 2.75) is 66.4 Å². The second kappa shape index (κ2) is 9.30. The van der Waals surface area contributed by atoms with Gasteiger partial charge in [0.15, 0.2) is 0 Å². The summed E-state index contributed by atoms with van der Waals surface area (Å²) in [5.41, 5.74) is 2.68. The van der Waals surface area contributed by atoms with Gasteiger partial charge < -0.3 is 14.6 Å². The van der Waals surface area contributed by atoms with E-state index in [1.54, 1.807) is 32.9 Å². The lowest BCUT2D eigenvalue weighted by Gasteiger charge is -2.18. The minimum Gasteiger partial charge on any atom is -0.508 e. The largest absolute Gasteiger partial charge is 0.514 e. The Kier molecular flexibility index (Phi) is 7.75. The van der Waals surface area contributed by atoms with Crippen molar-refractivity contribution in [2.75, 3.05) is 0 Å². The number of benzene rings is 1. The number of allylic oxidation sites excluding steroid dienone is 4. The lowest BCUT2D eigenvalue weighted by atomic mass is 10.1. The van der Waals surface area contributed by atoms with Crippen molar-refractivity contribution in [3.05, 3.63) is 47.1 Å². The third kappa shape index (κ3) is 8.99. The maximum Gasteiger partial charge on any atom is 0.514 e. The molecule has 4 heteroatoms. The van der Waals surface area contributed by atoms with Crippen LogP contribution in [-0.2, 0) is 11.2 Å². The number of hydrogen-bond acceptors (Lipinski definition) is 4. The molecule has 0 saturated heterocycles. The highest BCUT2D eigenvalue weighted by atomic mass is 16.7. The van der Waals surface area contributed by atoms with E-state index in [9.17, 15) is 9.90 Å². The van der Waals surface area contributed by atoms with E-state index in [0.29, 0.717) is 17.7 Å². The predicted molar refractivity (Wildman–Crippen MR) is 101 cm³/mol. The zero-order valence-electron chi connectivity index (χ0n) is 16.2. The van der Waals surface area contributed by atoms with E-state index >= 15 is 0 Å². The first-order valence-electron chi connectivity index (χ1n) is 8.58. The summed E-state index contributed by atoms with van der Waals surface area (Å²) in [4.78, 5) is 11.7. The molecule has 4 nitrogen and oxygen atoms in total. The Balaban J connectivity index is 2.71. The molecular weight excluding hydrogens is 316 g/mol. The molecular formula is C21H30O4. The standard InChI is InChI=1S/C21H30O4/c1-15(2)8-7-9-16(3)10-11-17-14-18(12-13-19(17)22)24-20(23)25-21(4,5)6/h8,10,12-14,22H,7,9,11H2,1-6H3/b16-10+. The fourth-order valence-electron chi connectivity index (χ4n) is 2.13. The van der Waals surface area contributed by atoms with E-state index in [1.165, 1.54) is 17.2 Å². The number of phenols is 1. The van der Waals surface area contributed by atoms with Gasteiger partial charge in [0.05, 0.1) is 0 Å². The smallest absolute Gasteiger partial charge is 0.508 e. The summed E-state index contributed by atoms with van der Waals surface area (Å²) in [6.07, 6.45) is 6.13. The van der Waals surface area contributed by atoms with Gasteiger partial charge in [-0.05, 0) is 79.0 Å². The summed E-state index contributed by atoms with van der Waals surface area (Å²) >= 11 is 0. The molecule has 1 N–H and O–H groups in total. The molecule has 0 heterocycles. The third-order valence-electron chi connectivity index (χ3n) is 3.40. The van der Waals surface area contributed by atoms with E-state index in [-0.39, 0.29) is 5.75 Å². The average molecular weight is 346 g/mol. The van der Waals surface area contributed by atoms with Crippen LogP contribution < -0.4 is 4.74 Å². The van der Waals surface area contributed by atoms with Crippen LogP contribution in [0.1, 0.15) is 59.9 Å². The highest BCUT2D eigenvalue weighted by molar-refractivity contribution is 5.64. The average Bonchev–Trinajstić information content (AvgIpc) is 2.45. The van der Waals surface area contributed by atoms with Crippen molar-refractivity contribution in [3.63, 3.8) is 0 Å². The molecule has 0 unspecified atom stereocenters. The van der Waals surface area contributed by atoms with Crippen LogP contribution in [0.2, 0.25) is 0 Å². The van der Waals surface area contributed by atoms with E-state index in [1.807, 2.05) is 0 Å². The number of ether oxygens (including phenoxy) is 2. The van der Waals surface area contributed by atoms with Gasteiger partial charge in [-0.3, -0.25) is 0 Å². The van der Waals surface area contributed by atoms with Gasteiger partial charge in [-0.25, -0.2) is 4.79 Å². The van der Waals surface area contributed by atoms with Crippen LogP contribution in [0.5, 0.6) is 11.5 Å². The Morgan fingerprint density at radius 2 is 1.84 bits per heavy atom. The van der Waals surface area contributed by atoms with Crippen molar-refractivity contribution < 1.29 is 19.4 Å². The topological polar surface area (TPSA) is 55.8 Å². The van der Waals surface area contributed by atoms with Crippen LogP contribution >= 0.6 is 0 Å². The number of rotatable bonds is 6. The monoisotopic (exact) mass is 346 g/mol. The van der Waals surface area contributed by atoms with Crippen LogP contribution in [0.4, 0.5) is 4.79 Å². The van der Waals surface area contributed by atoms with Gasteiger partial charge in [0.1, 0.15) is 17.1 Å². The summed E-state index contributed by atoms with van der Waals surface area (Å²) in [7, 11) is 0. The molecule has 0 aromatic heterocycles. The van der Waals surface area contributed by atoms with E-state index in [4.69, 9.17) is 9.47 Å². The summed E-state index contributed by atoms with van der Waals surface area (Å²) in [6, 6.07) is 4.74. The van der Waals surface area contributed by atoms with Gasteiger partial charge in [-0.15, -0.1) is 0 Å². The van der Waals surface area contributed by atoms with E-state index in [0.717, 1.165) is 12.8 Å². The van der Waals surface area contributed by atoms with Crippen LogP contribution in [0.3, 0.4) is 0 Å². The van der Waals surface area contributed by atoms with Crippen molar-refractivity contribution in [1.29, 1.82) is 0 Å². The SMILES string of the molecule is CC(C)=CCC/C(C)=C/Cc1cc(OC(=O)OC(C)(C)C)ccc1O. The lowest BCUT2D eigenvalue weighted by Crippen LogP contribution is -2.25. The Labute approximate surface area is 151 Å². The lowest BCUT2D eigenvalue weighted by molar-refractivity contribution is 0.0206. The third-order valence-corrected chi connectivity index (χ3v) is 3.40. The van der Waals surface area contributed by atoms with Crippen molar-refractivity contribution in [3.8, 4) is 11.5 Å². The van der Waals surface area contributed by atoms with Gasteiger partial charge >= 0.3 is 6.16 Å². The molecule has 0 amide bonds. The second-order valence-corrected chi connectivity index (χ2v) is 7.43. The molecule has 25 heavy (non-hydrogen) atoms. The first-order valence-corrected chi connectivity index (χ1v) is 8.58. The number of carbonyl (C=O) groups excluding carboxylic acids is 1. The summed E-state index contributed by atoms with van der Waals surface area (Å²) in [5, 5.41) is 10.0. The molecule has 0 aliphatic rings. The summed E-state index contributed by atoms with van der Waals surface area (Å²) in [6.45, 7) is 11.6. The molecule has 0 spiro atoms. The van der Waals surface area contributed by atoms with Gasteiger partial charge in [0.25, 0.3) is 0 Å². The molecule has 1 rings (SSSR count). The predicted octanol–water partition coefficient (Wildman–Crippen LogP) is 5.94. The Hall–Kier alpha value is -2.23. The van der Waals surface area contributed by atoms with Crippen LogP contribution in [0, 0.1) is 0 Å². The van der Waals surface area contributed by atoms with E-state index in [2.05, 4.69) is 32.9 Å². The molecule has 0 atom stereocenters. The molecule has 0 aliphatic heterocycles. The molecule has 0 fully saturated rings. The highest BCUT2D eigenvalue weighted by Gasteiger charge is 2.18. The molecule has 138 valence electrons. The summed E-state index contributed by atoms with van der Waals surface area (Å²) < 4.78 is 10.3. The fraction of sp³-hybridized carbons (Fsp3) is 0.476. The minimum absolute atomic E-state index is 0.185. The molecule has 1 aromatic carbocycles. The Morgan fingerprint density at radius 1 is 1.16 bits per heavy atom. The molecule has 0 aliphatic carbocycles. The number of hydrogen-bond donors (Lipinski definition) is 1. The minimum atomic E-state index is -0.752. The summed E-state index contributed by atoms with van der Waals surface area (Å²) in [5.74, 6) is 0.544. The Morgan fingerprint density at radius 3 is 2.44 bits per heavy atom. The van der Waals surface area contributed by atoms with Crippen LogP contribution in [0.25, 0.3) is 0 Å². The number of aromatic hydroxyl groups is 1. The first-order chi connectivity index (χ1) is 11.6. The zero-order chi connectivity index (χ0) is 19.0. The molecule has 0 bridgehead atoms.